The molecule has 1 aromatic rings. The number of nitrogens with one attached hydrogen (secondary N) is 3. The van der Waals surface area contributed by atoms with Gasteiger partial charge in [-0.1, -0.05) is 32.4 Å². The van der Waals surface area contributed by atoms with E-state index >= 15 is 0 Å². The predicted octanol–water partition coefficient (Wildman–Crippen LogP) is 1.80. The molecule has 0 spiro atoms. The number of primary amides is 1. The average Bonchev–Trinajstić information content (AvgIpc) is 3.05. The van der Waals surface area contributed by atoms with Gasteiger partial charge < -0.3 is 37.0 Å². The lowest BCUT2D eigenvalue weighted by atomic mass is 10.0. The number of amides is 4. The molecule has 0 aliphatic rings. The fourth-order valence-corrected chi connectivity index (χ4v) is 5.71. The van der Waals surface area contributed by atoms with E-state index in [0.717, 1.165) is 18.4 Å². The summed E-state index contributed by atoms with van der Waals surface area (Å²) in [5, 5.41) is 35.9. The molecule has 0 saturated heterocycles. The number of rotatable bonds is 29. The monoisotopic (exact) mass is 739 g/mol. The summed E-state index contributed by atoms with van der Waals surface area (Å²) in [5.41, 5.74) is 6.66. The molecule has 0 aliphatic heterocycles. The average molecular weight is 740 g/mol. The maximum atomic E-state index is 13.1. The molecule has 288 valence electrons. The van der Waals surface area contributed by atoms with Crippen LogP contribution in [0.25, 0.3) is 0 Å². The van der Waals surface area contributed by atoms with Crippen LogP contribution in [0, 0.1) is 5.92 Å². The molecule has 8 N–H and O–H groups in total. The van der Waals surface area contributed by atoms with Crippen LogP contribution in [-0.2, 0) is 30.5 Å². The molecule has 1 aromatic carbocycles. The second-order valence-corrected chi connectivity index (χ2v) is 13.6. The van der Waals surface area contributed by atoms with Gasteiger partial charge in [-0.15, -0.1) is 0 Å². The third kappa shape index (κ3) is 22.5. The van der Waals surface area contributed by atoms with E-state index in [-0.39, 0.29) is 44.4 Å². The summed E-state index contributed by atoms with van der Waals surface area (Å²) in [6, 6.07) is 5.51. The van der Waals surface area contributed by atoms with Crippen LogP contribution in [0.5, 0.6) is 0 Å². The molecule has 0 heterocycles. The minimum atomic E-state index is -1.01. The number of hydrogen-bond acceptors (Lipinski definition) is 10. The van der Waals surface area contributed by atoms with Crippen LogP contribution in [0.4, 0.5) is 10.5 Å². The molecule has 0 aromatic heterocycles. The van der Waals surface area contributed by atoms with E-state index in [9.17, 15) is 39.0 Å². The third-order valence-electron chi connectivity index (χ3n) is 8.08. The second kappa shape index (κ2) is 25.9. The van der Waals surface area contributed by atoms with Gasteiger partial charge in [0, 0.05) is 44.8 Å². The maximum Gasteiger partial charge on any atom is 0.319 e. The van der Waals surface area contributed by atoms with Gasteiger partial charge in [0.25, 0.3) is 0 Å². The van der Waals surface area contributed by atoms with Crippen LogP contribution in [0.1, 0.15) is 57.9 Å². The number of nitrogens with two attached hydrogens (primary N) is 1. The number of nitrogens with zero attached hydrogens (tertiary/aromatic N) is 3. The highest BCUT2D eigenvalue weighted by Crippen LogP contribution is 2.14. The normalized spacial score (nSPS) is 12.4. The Balaban J connectivity index is 2.83. The summed E-state index contributed by atoms with van der Waals surface area (Å²) in [6.45, 7) is 6.49. The number of aliphatic carboxylic acids is 3. The first-order valence-electron chi connectivity index (χ1n) is 17.3. The zero-order valence-electron chi connectivity index (χ0n) is 30.1. The lowest BCUT2D eigenvalue weighted by Gasteiger charge is -2.29. The van der Waals surface area contributed by atoms with Gasteiger partial charge in [-0.05, 0) is 74.4 Å². The molecule has 4 amide bonds. The van der Waals surface area contributed by atoms with Gasteiger partial charge >= 0.3 is 23.9 Å². The minimum Gasteiger partial charge on any atom is -0.481 e. The van der Waals surface area contributed by atoms with Crippen molar-refractivity contribution in [3.05, 3.63) is 29.8 Å². The zero-order chi connectivity index (χ0) is 38.2. The third-order valence-corrected chi connectivity index (χ3v) is 8.72. The summed E-state index contributed by atoms with van der Waals surface area (Å²) >= 11 is 1.54. The van der Waals surface area contributed by atoms with Gasteiger partial charge in [-0.3, -0.25) is 38.7 Å². The van der Waals surface area contributed by atoms with Crippen molar-refractivity contribution >= 4 is 53.2 Å². The predicted molar refractivity (Wildman–Crippen MR) is 197 cm³/mol. The highest BCUT2D eigenvalue weighted by molar-refractivity contribution is 7.98. The second-order valence-electron chi connectivity index (χ2n) is 12.6. The van der Waals surface area contributed by atoms with Crippen LogP contribution in [0.3, 0.4) is 0 Å². The van der Waals surface area contributed by atoms with Gasteiger partial charge in [-0.2, -0.15) is 11.8 Å². The van der Waals surface area contributed by atoms with E-state index in [1.165, 1.54) is 0 Å². The summed E-state index contributed by atoms with van der Waals surface area (Å²) in [4.78, 5) is 76.4. The van der Waals surface area contributed by atoms with Crippen LogP contribution in [0.2, 0.25) is 0 Å². The lowest BCUT2D eigenvalue weighted by molar-refractivity contribution is -0.140. The first-order valence-corrected chi connectivity index (χ1v) is 18.7. The topological polar surface area (TPSA) is 235 Å². The largest absolute Gasteiger partial charge is 0.481 e. The molecule has 0 aliphatic carbocycles. The Morgan fingerprint density at radius 1 is 0.784 bits per heavy atom. The quantitative estimate of drug-likeness (QED) is 0.0622. The molecule has 16 nitrogen and oxygen atoms in total. The highest BCUT2D eigenvalue weighted by atomic mass is 32.2. The number of benzene rings is 1. The van der Waals surface area contributed by atoms with Crippen molar-refractivity contribution in [1.29, 1.82) is 0 Å². The van der Waals surface area contributed by atoms with E-state index < -0.39 is 35.9 Å². The van der Waals surface area contributed by atoms with Crippen molar-refractivity contribution < 1.29 is 44.1 Å². The maximum absolute atomic E-state index is 13.1. The molecule has 1 unspecified atom stereocenters. The highest BCUT2D eigenvalue weighted by Gasteiger charge is 2.19. The van der Waals surface area contributed by atoms with Gasteiger partial charge in [-0.25, -0.2) is 4.79 Å². The lowest BCUT2D eigenvalue weighted by Crippen LogP contribution is -2.46. The van der Waals surface area contributed by atoms with Gasteiger partial charge in [0.1, 0.15) is 6.04 Å². The Morgan fingerprint density at radius 3 is 1.86 bits per heavy atom. The Bertz CT molecular complexity index is 1240. The zero-order valence-corrected chi connectivity index (χ0v) is 30.9. The first kappa shape index (κ1) is 45.1. The molecular weight excluding hydrogens is 682 g/mol. The van der Waals surface area contributed by atoms with Crippen molar-refractivity contribution in [1.82, 2.24) is 25.3 Å². The van der Waals surface area contributed by atoms with Crippen molar-refractivity contribution in [3.8, 4) is 0 Å². The van der Waals surface area contributed by atoms with Gasteiger partial charge in [0.2, 0.25) is 11.8 Å². The van der Waals surface area contributed by atoms with E-state index in [1.54, 1.807) is 45.8 Å². The van der Waals surface area contributed by atoms with Gasteiger partial charge in [0.15, 0.2) is 0 Å². The van der Waals surface area contributed by atoms with Crippen LogP contribution >= 0.6 is 11.8 Å². The van der Waals surface area contributed by atoms with E-state index in [0.29, 0.717) is 70.0 Å². The van der Waals surface area contributed by atoms with Crippen molar-refractivity contribution in [2.75, 3.05) is 76.2 Å². The minimum absolute atomic E-state index is 0.0567. The Kier molecular flexibility index (Phi) is 22.9. The number of carbonyl (C=O) groups excluding carboxylic acids is 3. The summed E-state index contributed by atoms with van der Waals surface area (Å²) < 4.78 is 0. The van der Waals surface area contributed by atoms with Crippen LogP contribution in [0.15, 0.2) is 24.3 Å². The molecule has 17 heteroatoms. The summed E-state index contributed by atoms with van der Waals surface area (Å²) in [7, 11) is 0. The van der Waals surface area contributed by atoms with Crippen molar-refractivity contribution in [2.45, 2.75) is 65.0 Å². The number of carboxylic acids is 3. The number of carboxylic acid groups (broad SMARTS) is 3. The smallest absolute Gasteiger partial charge is 0.319 e. The number of hydrogen-bond donors (Lipinski definition) is 7. The molecule has 51 heavy (non-hydrogen) atoms. The molecule has 2 atom stereocenters. The standard InChI is InChI=1S/C34H57N7O9S/c1-4-14-39(23-31(45)46)16-18-41(24-32(47)48)19-17-40(15-12-25(2)6-5-7-30(43)44)22-29(42)36-21-26-8-10-27(11-9-26)37-34(50)38-28(33(35)49)13-20-51-3/h8-11,25,28H,4-7,12-24H2,1-3H3,(H2,35,49)(H,36,42)(H,43,44)(H,45,46)(H,47,48)(H2,37,38,50)/t25?,28-/m0/s1. The van der Waals surface area contributed by atoms with E-state index in [2.05, 4.69) is 16.0 Å². The SMILES string of the molecule is CCCN(CCN(CCN(CCC(C)CCCC(=O)O)CC(=O)NCc1ccc(NC(=O)N[C@@H](CCSC)C(N)=O)cc1)CC(=O)O)CC(=O)O. The fraction of sp³-hybridized carbons (Fsp3) is 0.647. The number of anilines is 1. The summed E-state index contributed by atoms with van der Waals surface area (Å²) in [5.74, 6) is -2.76. The van der Waals surface area contributed by atoms with E-state index in [1.807, 2.05) is 25.0 Å². The fourth-order valence-electron chi connectivity index (χ4n) is 5.24. The molecule has 0 fully saturated rings. The van der Waals surface area contributed by atoms with Crippen molar-refractivity contribution in [3.63, 3.8) is 0 Å². The Labute approximate surface area is 304 Å². The first-order chi connectivity index (χ1) is 24.2. The van der Waals surface area contributed by atoms with Crippen LogP contribution < -0.4 is 21.7 Å². The number of carbonyl (C=O) groups is 6. The number of thioether (sulfide) groups is 1. The van der Waals surface area contributed by atoms with E-state index in [4.69, 9.17) is 10.8 Å². The number of urea groups is 1. The molecule has 0 bridgehead atoms. The summed E-state index contributed by atoms with van der Waals surface area (Å²) in [6.07, 6.45) is 5.16. The molecular formula is C34H57N7O9S. The van der Waals surface area contributed by atoms with Crippen molar-refractivity contribution in [2.24, 2.45) is 11.7 Å². The van der Waals surface area contributed by atoms with Crippen LogP contribution in [-0.4, -0.2) is 143 Å². The molecule has 1 rings (SSSR count). The van der Waals surface area contributed by atoms with Gasteiger partial charge in [0.05, 0.1) is 19.6 Å². The Hall–Kier alpha value is -3.93. The Morgan fingerprint density at radius 2 is 1.35 bits per heavy atom. The molecule has 0 radical (unpaired) electrons. The molecule has 0 saturated carbocycles.